The van der Waals surface area contributed by atoms with Gasteiger partial charge in [-0.3, -0.25) is 9.59 Å². The fourth-order valence-corrected chi connectivity index (χ4v) is 1.41. The molecule has 0 atom stereocenters. The highest BCUT2D eigenvalue weighted by Crippen LogP contribution is 2.14. The van der Waals surface area contributed by atoms with E-state index in [0.717, 1.165) is 5.56 Å². The van der Waals surface area contributed by atoms with Gasteiger partial charge in [-0.15, -0.1) is 0 Å². The predicted molar refractivity (Wildman–Crippen MR) is 61.6 cm³/mol. The Morgan fingerprint density at radius 2 is 2.12 bits per heavy atom. The number of methoxy groups -OCH3 is 1. The topological polar surface area (TPSA) is 59.8 Å². The Hall–Kier alpha value is -1.78. The second kappa shape index (κ2) is 5.52. The molecule has 1 aromatic rings. The largest absolute Gasteiger partial charge is 0.468 e. The highest BCUT2D eigenvalue weighted by molar-refractivity contribution is 5.94. The third-order valence-corrected chi connectivity index (χ3v) is 2.47. The molecule has 0 unspecified atom stereocenters. The summed E-state index contributed by atoms with van der Waals surface area (Å²) in [4.78, 5) is 24.8. The van der Waals surface area contributed by atoms with Gasteiger partial charge in [-0.1, -0.05) is 0 Å². The van der Waals surface area contributed by atoms with Crippen LogP contribution in [0.15, 0.2) is 16.7 Å². The number of aryl methyl sites for hydroxylation is 1. The van der Waals surface area contributed by atoms with Gasteiger partial charge in [0.25, 0.3) is 5.91 Å². The lowest BCUT2D eigenvalue weighted by Crippen LogP contribution is -2.41. The van der Waals surface area contributed by atoms with E-state index >= 15 is 0 Å². The first-order valence-electron chi connectivity index (χ1n) is 5.39. The van der Waals surface area contributed by atoms with E-state index in [1.807, 2.05) is 13.8 Å². The molecule has 5 heteroatoms. The van der Waals surface area contributed by atoms with Gasteiger partial charge in [0, 0.05) is 11.6 Å². The summed E-state index contributed by atoms with van der Waals surface area (Å²) in [5, 5.41) is 0. The fraction of sp³-hybridized carbons (Fsp3) is 0.500. The maximum absolute atomic E-state index is 12.1. The van der Waals surface area contributed by atoms with Gasteiger partial charge in [0.2, 0.25) is 0 Å². The first kappa shape index (κ1) is 13.3. The van der Waals surface area contributed by atoms with Crippen LogP contribution in [0, 0.1) is 6.92 Å². The fourth-order valence-electron chi connectivity index (χ4n) is 1.41. The van der Waals surface area contributed by atoms with E-state index < -0.39 is 5.97 Å². The summed E-state index contributed by atoms with van der Waals surface area (Å²) in [6.07, 6.45) is 1.46. The molecule has 1 aromatic heterocycles. The number of esters is 1. The highest BCUT2D eigenvalue weighted by atomic mass is 16.5. The van der Waals surface area contributed by atoms with Crippen LogP contribution in [0.1, 0.15) is 30.0 Å². The molecule has 1 heterocycles. The molecule has 17 heavy (non-hydrogen) atoms. The van der Waals surface area contributed by atoms with E-state index in [9.17, 15) is 9.59 Å². The number of ether oxygens (including phenoxy) is 1. The molecule has 0 aliphatic rings. The molecule has 0 aromatic carbocycles. The molecule has 0 saturated heterocycles. The standard InChI is InChI=1S/C12H17NO4/c1-8(2)13(7-10(14)16-4)12(15)11-9(3)5-6-17-11/h5-6,8H,7H2,1-4H3. The Labute approximate surface area is 100 Å². The van der Waals surface area contributed by atoms with Crippen LogP contribution in [0.5, 0.6) is 0 Å². The summed E-state index contributed by atoms with van der Waals surface area (Å²) in [5.74, 6) is -0.480. The molecule has 0 aliphatic heterocycles. The number of hydrogen-bond donors (Lipinski definition) is 0. The minimum atomic E-state index is -0.448. The molecule has 5 nitrogen and oxygen atoms in total. The van der Waals surface area contributed by atoms with E-state index in [0.29, 0.717) is 0 Å². The summed E-state index contributed by atoms with van der Waals surface area (Å²) in [7, 11) is 1.30. The summed E-state index contributed by atoms with van der Waals surface area (Å²) < 4.78 is 9.69. The van der Waals surface area contributed by atoms with Crippen LogP contribution in [0.4, 0.5) is 0 Å². The van der Waals surface area contributed by atoms with Crippen LogP contribution in [-0.4, -0.2) is 36.5 Å². The molecule has 0 saturated carbocycles. The van der Waals surface area contributed by atoms with Crippen molar-refractivity contribution in [1.82, 2.24) is 4.90 Å². The summed E-state index contributed by atoms with van der Waals surface area (Å²) in [6, 6.07) is 1.61. The summed E-state index contributed by atoms with van der Waals surface area (Å²) in [6.45, 7) is 5.37. The third-order valence-electron chi connectivity index (χ3n) is 2.47. The van der Waals surface area contributed by atoms with Crippen molar-refractivity contribution in [2.45, 2.75) is 26.8 Å². The summed E-state index contributed by atoms with van der Waals surface area (Å²) in [5.41, 5.74) is 0.755. The second-order valence-corrected chi connectivity index (χ2v) is 4.04. The maximum Gasteiger partial charge on any atom is 0.325 e. The van der Waals surface area contributed by atoms with Gasteiger partial charge < -0.3 is 14.1 Å². The molecule has 0 bridgehead atoms. The molecule has 0 spiro atoms. The first-order valence-corrected chi connectivity index (χ1v) is 5.39. The van der Waals surface area contributed by atoms with E-state index in [-0.39, 0.29) is 24.3 Å². The molecule has 0 fully saturated rings. The maximum atomic E-state index is 12.1. The summed E-state index contributed by atoms with van der Waals surface area (Å²) >= 11 is 0. The van der Waals surface area contributed by atoms with Gasteiger partial charge in [-0.25, -0.2) is 0 Å². The molecule has 94 valence electrons. The van der Waals surface area contributed by atoms with Crippen molar-refractivity contribution >= 4 is 11.9 Å². The van der Waals surface area contributed by atoms with Gasteiger partial charge in [0.05, 0.1) is 13.4 Å². The zero-order chi connectivity index (χ0) is 13.0. The quantitative estimate of drug-likeness (QED) is 0.749. The number of rotatable bonds is 4. The van der Waals surface area contributed by atoms with E-state index in [2.05, 4.69) is 4.74 Å². The molecular weight excluding hydrogens is 222 g/mol. The minimum Gasteiger partial charge on any atom is -0.468 e. The number of amides is 1. The van der Waals surface area contributed by atoms with Gasteiger partial charge in [0.15, 0.2) is 5.76 Å². The molecule has 1 amide bonds. The number of nitrogens with zero attached hydrogens (tertiary/aromatic N) is 1. The monoisotopic (exact) mass is 239 g/mol. The van der Waals surface area contributed by atoms with Crippen molar-refractivity contribution < 1.29 is 18.7 Å². The highest BCUT2D eigenvalue weighted by Gasteiger charge is 2.25. The van der Waals surface area contributed by atoms with Crippen LogP contribution >= 0.6 is 0 Å². The molecule has 0 aliphatic carbocycles. The Kier molecular flexibility index (Phi) is 4.31. The zero-order valence-corrected chi connectivity index (χ0v) is 10.5. The van der Waals surface area contributed by atoms with Crippen LogP contribution < -0.4 is 0 Å². The Balaban J connectivity index is 2.89. The zero-order valence-electron chi connectivity index (χ0n) is 10.5. The van der Waals surface area contributed by atoms with Crippen LogP contribution in [0.2, 0.25) is 0 Å². The van der Waals surface area contributed by atoms with Crippen LogP contribution in [0.3, 0.4) is 0 Å². The Morgan fingerprint density at radius 3 is 2.53 bits per heavy atom. The van der Waals surface area contributed by atoms with Gasteiger partial charge in [-0.05, 0) is 26.8 Å². The van der Waals surface area contributed by atoms with Crippen molar-refractivity contribution in [3.8, 4) is 0 Å². The van der Waals surface area contributed by atoms with E-state index in [4.69, 9.17) is 4.42 Å². The van der Waals surface area contributed by atoms with Crippen molar-refractivity contribution in [3.63, 3.8) is 0 Å². The van der Waals surface area contributed by atoms with Crippen LogP contribution in [-0.2, 0) is 9.53 Å². The van der Waals surface area contributed by atoms with Gasteiger partial charge >= 0.3 is 5.97 Å². The normalized spacial score (nSPS) is 10.4. The molecular formula is C12H17NO4. The van der Waals surface area contributed by atoms with Crippen LogP contribution in [0.25, 0.3) is 0 Å². The van der Waals surface area contributed by atoms with Gasteiger partial charge in [0.1, 0.15) is 6.54 Å². The number of furan rings is 1. The predicted octanol–water partition coefficient (Wildman–Crippen LogP) is 1.61. The van der Waals surface area contributed by atoms with Crippen molar-refractivity contribution in [2.75, 3.05) is 13.7 Å². The van der Waals surface area contributed by atoms with Crippen molar-refractivity contribution in [3.05, 3.63) is 23.7 Å². The average molecular weight is 239 g/mol. The first-order chi connectivity index (χ1) is 7.97. The van der Waals surface area contributed by atoms with E-state index in [1.165, 1.54) is 18.3 Å². The molecule has 0 radical (unpaired) electrons. The number of carbonyl (C=O) groups is 2. The lowest BCUT2D eigenvalue weighted by Gasteiger charge is -2.24. The number of hydrogen-bond acceptors (Lipinski definition) is 4. The second-order valence-electron chi connectivity index (χ2n) is 4.04. The van der Waals surface area contributed by atoms with Gasteiger partial charge in [-0.2, -0.15) is 0 Å². The minimum absolute atomic E-state index is 0.0762. The van der Waals surface area contributed by atoms with Crippen molar-refractivity contribution in [2.24, 2.45) is 0 Å². The van der Waals surface area contributed by atoms with Crippen molar-refractivity contribution in [1.29, 1.82) is 0 Å². The smallest absolute Gasteiger partial charge is 0.325 e. The Morgan fingerprint density at radius 1 is 1.47 bits per heavy atom. The van der Waals surface area contributed by atoms with E-state index in [1.54, 1.807) is 13.0 Å². The third kappa shape index (κ3) is 3.09. The lowest BCUT2D eigenvalue weighted by molar-refractivity contribution is -0.141. The molecule has 1 rings (SSSR count). The SMILES string of the molecule is COC(=O)CN(C(=O)c1occc1C)C(C)C. The number of carbonyl (C=O) groups excluding carboxylic acids is 2. The Bertz CT molecular complexity index is 408. The average Bonchev–Trinajstić information content (AvgIpc) is 2.70. The lowest BCUT2D eigenvalue weighted by atomic mass is 10.2. The molecule has 0 N–H and O–H groups in total.